The van der Waals surface area contributed by atoms with E-state index in [1.807, 2.05) is 25.1 Å². The van der Waals surface area contributed by atoms with Crippen LogP contribution in [0.2, 0.25) is 0 Å². The summed E-state index contributed by atoms with van der Waals surface area (Å²) in [6, 6.07) is 3.39. The predicted octanol–water partition coefficient (Wildman–Crippen LogP) is 3.56. The highest BCUT2D eigenvalue weighted by Gasteiger charge is 2.18. The number of nitrogens with one attached hydrogen (secondary N) is 1. The Hall–Kier alpha value is -4.15. The highest BCUT2D eigenvalue weighted by atomic mass is 16.5. The summed E-state index contributed by atoms with van der Waals surface area (Å²) < 4.78 is 53.7. The van der Waals surface area contributed by atoms with E-state index in [0.29, 0.717) is 48.3 Å². The van der Waals surface area contributed by atoms with E-state index in [0.717, 1.165) is 18.8 Å². The van der Waals surface area contributed by atoms with Gasteiger partial charge in [-0.1, -0.05) is 30.2 Å². The standard InChI is InChI=1S/C27H32N8O2/c1-33(2)17-20-18-35(32-26(20)19-7-5-4-6-8-19)25-9-10-29-27(31-25)30-22-15-21(28)23(16-24(22)36-3)34-11-13-37-14-12-34/h4-10,15-16,18H,11-14,17,28H2,1-3H3,(H,29,30,31)/i4D,5D,6D,7D,8D. The number of morpholine rings is 1. The minimum absolute atomic E-state index is 0.0320. The molecule has 4 aromatic rings. The number of benzene rings is 2. The van der Waals surface area contributed by atoms with Gasteiger partial charge in [0.1, 0.15) is 5.75 Å². The first-order chi connectivity index (χ1) is 20.1. The predicted molar refractivity (Wildman–Crippen MR) is 146 cm³/mol. The van der Waals surface area contributed by atoms with Crippen molar-refractivity contribution in [3.63, 3.8) is 0 Å². The van der Waals surface area contributed by atoms with E-state index in [1.54, 1.807) is 31.6 Å². The summed E-state index contributed by atoms with van der Waals surface area (Å²) in [6.45, 7) is 3.14. The molecule has 0 atom stereocenters. The number of nitrogen functional groups attached to an aromatic ring is 1. The molecular weight excluding hydrogens is 468 g/mol. The van der Waals surface area contributed by atoms with Crippen LogP contribution >= 0.6 is 0 Å². The van der Waals surface area contributed by atoms with Crippen molar-refractivity contribution in [3.8, 4) is 22.8 Å². The van der Waals surface area contributed by atoms with Crippen LogP contribution in [-0.4, -0.2) is 72.2 Å². The maximum Gasteiger partial charge on any atom is 0.229 e. The van der Waals surface area contributed by atoms with E-state index in [4.69, 9.17) is 22.1 Å². The first-order valence-electron chi connectivity index (χ1n) is 14.3. The van der Waals surface area contributed by atoms with Gasteiger partial charge in [-0.05, 0) is 20.2 Å². The fourth-order valence-corrected chi connectivity index (χ4v) is 4.15. The van der Waals surface area contributed by atoms with Crippen LogP contribution in [0.3, 0.4) is 0 Å². The number of nitrogens with two attached hydrogens (primary N) is 1. The number of methoxy groups -OCH3 is 1. The van der Waals surface area contributed by atoms with Gasteiger partial charge in [0.15, 0.2) is 5.82 Å². The maximum absolute atomic E-state index is 8.46. The Morgan fingerprint density at radius 3 is 2.70 bits per heavy atom. The molecule has 37 heavy (non-hydrogen) atoms. The second-order valence-corrected chi connectivity index (χ2v) is 8.76. The molecule has 3 heterocycles. The number of rotatable bonds is 8. The number of aromatic nitrogens is 4. The van der Waals surface area contributed by atoms with Crippen molar-refractivity contribution in [1.82, 2.24) is 24.6 Å². The molecule has 1 aliphatic rings. The summed E-state index contributed by atoms with van der Waals surface area (Å²) in [5, 5.41) is 7.82. The first-order valence-corrected chi connectivity index (χ1v) is 11.8. The van der Waals surface area contributed by atoms with E-state index in [9.17, 15) is 0 Å². The highest BCUT2D eigenvalue weighted by Crippen LogP contribution is 2.37. The largest absolute Gasteiger partial charge is 0.494 e. The SMILES string of the molecule is [2H]c1c([2H])c([2H])c(-c2nn(-c3ccnc(Nc4cc(N)c(N5CCOCC5)cc4OC)n3)cc2CN(C)C)c([2H])c1[2H]. The second-order valence-electron chi connectivity index (χ2n) is 8.76. The molecule has 0 bridgehead atoms. The van der Waals surface area contributed by atoms with Crippen molar-refractivity contribution in [2.45, 2.75) is 6.54 Å². The van der Waals surface area contributed by atoms with Crippen molar-refractivity contribution in [2.75, 3.05) is 63.5 Å². The summed E-state index contributed by atoms with van der Waals surface area (Å²) in [6.07, 6.45) is 3.30. The molecular formula is C27H32N8O2. The van der Waals surface area contributed by atoms with E-state index < -0.39 is 18.1 Å². The number of hydrogen-bond donors (Lipinski definition) is 2. The van der Waals surface area contributed by atoms with Gasteiger partial charge >= 0.3 is 0 Å². The van der Waals surface area contributed by atoms with Crippen LogP contribution in [0.5, 0.6) is 5.75 Å². The third-order valence-electron chi connectivity index (χ3n) is 5.84. The van der Waals surface area contributed by atoms with Crippen LogP contribution in [-0.2, 0) is 11.3 Å². The van der Waals surface area contributed by atoms with Crippen LogP contribution in [0, 0.1) is 0 Å². The lowest BCUT2D eigenvalue weighted by molar-refractivity contribution is 0.123. The van der Waals surface area contributed by atoms with Gasteiger partial charge in [-0.25, -0.2) is 9.67 Å². The molecule has 10 nitrogen and oxygen atoms in total. The quantitative estimate of drug-likeness (QED) is 0.348. The molecule has 2 aromatic carbocycles. The maximum atomic E-state index is 8.46. The Morgan fingerprint density at radius 2 is 1.97 bits per heavy atom. The number of ether oxygens (including phenoxy) is 2. The fraction of sp³-hybridized carbons (Fsp3) is 0.296. The van der Waals surface area contributed by atoms with Crippen LogP contribution in [0.1, 0.15) is 12.4 Å². The molecule has 3 N–H and O–H groups in total. The zero-order chi connectivity index (χ0) is 30.1. The van der Waals surface area contributed by atoms with Gasteiger partial charge in [-0.3, -0.25) is 0 Å². The summed E-state index contributed by atoms with van der Waals surface area (Å²) in [5.74, 6) is 1.23. The summed E-state index contributed by atoms with van der Waals surface area (Å²) in [5.41, 5.74) is 9.40. The molecule has 0 saturated carbocycles. The zero-order valence-electron chi connectivity index (χ0n) is 26.0. The summed E-state index contributed by atoms with van der Waals surface area (Å²) >= 11 is 0. The lowest BCUT2D eigenvalue weighted by atomic mass is 10.1. The normalized spacial score (nSPS) is 15.6. The Bertz CT molecular complexity index is 1600. The average molecular weight is 506 g/mol. The third kappa shape index (κ3) is 5.50. The molecule has 192 valence electrons. The van der Waals surface area contributed by atoms with Gasteiger partial charge in [0.2, 0.25) is 5.95 Å². The minimum atomic E-state index is -0.456. The Balaban J connectivity index is 1.51. The van der Waals surface area contributed by atoms with Crippen LogP contribution in [0.4, 0.5) is 23.0 Å². The molecule has 1 fully saturated rings. The average Bonchev–Trinajstić information content (AvgIpc) is 3.38. The molecule has 0 radical (unpaired) electrons. The van der Waals surface area contributed by atoms with Crippen molar-refractivity contribution >= 4 is 23.0 Å². The fourth-order valence-electron chi connectivity index (χ4n) is 4.15. The topological polar surface area (TPSA) is 107 Å². The van der Waals surface area contributed by atoms with E-state index in [1.165, 1.54) is 4.68 Å². The lowest BCUT2D eigenvalue weighted by Crippen LogP contribution is -2.36. The minimum Gasteiger partial charge on any atom is -0.494 e. The highest BCUT2D eigenvalue weighted by molar-refractivity contribution is 5.79. The smallest absolute Gasteiger partial charge is 0.229 e. The number of anilines is 4. The van der Waals surface area contributed by atoms with Gasteiger partial charge < -0.3 is 30.3 Å². The second kappa shape index (κ2) is 10.9. The molecule has 1 saturated heterocycles. The lowest BCUT2D eigenvalue weighted by Gasteiger charge is -2.30. The summed E-state index contributed by atoms with van der Waals surface area (Å²) in [4.78, 5) is 13.0. The monoisotopic (exact) mass is 505 g/mol. The molecule has 5 rings (SSSR count). The number of hydrogen-bond acceptors (Lipinski definition) is 9. The molecule has 0 amide bonds. The Kier molecular flexibility index (Phi) is 5.58. The van der Waals surface area contributed by atoms with E-state index in [2.05, 4.69) is 25.3 Å². The van der Waals surface area contributed by atoms with Crippen LogP contribution in [0.15, 0.2) is 60.8 Å². The van der Waals surface area contributed by atoms with E-state index >= 15 is 0 Å². The molecule has 0 spiro atoms. The molecule has 0 aliphatic carbocycles. The first kappa shape index (κ1) is 19.0. The Labute approximate surface area is 223 Å². The third-order valence-corrected chi connectivity index (χ3v) is 5.84. The number of nitrogens with zero attached hydrogens (tertiary/aromatic N) is 6. The van der Waals surface area contributed by atoms with Gasteiger partial charge in [-0.2, -0.15) is 10.1 Å². The van der Waals surface area contributed by atoms with Crippen molar-refractivity contribution in [3.05, 3.63) is 66.4 Å². The van der Waals surface area contributed by atoms with Gasteiger partial charge in [0.05, 0.1) is 49.9 Å². The van der Waals surface area contributed by atoms with Gasteiger partial charge in [0.25, 0.3) is 0 Å². The van der Waals surface area contributed by atoms with Crippen molar-refractivity contribution in [1.29, 1.82) is 0 Å². The molecule has 0 unspecified atom stereocenters. The van der Waals surface area contributed by atoms with E-state index in [-0.39, 0.29) is 29.3 Å². The zero-order valence-corrected chi connectivity index (χ0v) is 21.0. The van der Waals surface area contributed by atoms with Crippen LogP contribution < -0.4 is 20.7 Å². The molecule has 10 heteroatoms. The molecule has 2 aromatic heterocycles. The van der Waals surface area contributed by atoms with Crippen LogP contribution in [0.25, 0.3) is 17.1 Å². The van der Waals surface area contributed by atoms with Gasteiger partial charge in [0, 0.05) is 55.3 Å². The summed E-state index contributed by atoms with van der Waals surface area (Å²) in [7, 11) is 5.33. The Morgan fingerprint density at radius 1 is 1.19 bits per heavy atom. The van der Waals surface area contributed by atoms with Crippen molar-refractivity contribution in [2.24, 2.45) is 0 Å². The van der Waals surface area contributed by atoms with Crippen molar-refractivity contribution < 1.29 is 16.3 Å². The van der Waals surface area contributed by atoms with Gasteiger partial charge in [-0.15, -0.1) is 0 Å². The molecule has 1 aliphatic heterocycles.